The molecule has 6 nitrogen and oxygen atoms in total. The highest BCUT2D eigenvalue weighted by Crippen LogP contribution is 2.32. The van der Waals surface area contributed by atoms with Crippen LogP contribution < -0.4 is 15.0 Å². The number of carbonyl (C=O) groups is 1. The maximum Gasteiger partial charge on any atom is 0.263 e. The number of ether oxygens (including phenoxy) is 1. The normalized spacial score (nSPS) is 16.1. The first-order chi connectivity index (χ1) is 15.0. The molecule has 1 aliphatic heterocycles. The highest BCUT2D eigenvalue weighted by atomic mass is 79.9. The van der Waals surface area contributed by atoms with Gasteiger partial charge in [-0.05, 0) is 62.1 Å². The van der Waals surface area contributed by atoms with Gasteiger partial charge in [0.25, 0.3) is 5.88 Å². The van der Waals surface area contributed by atoms with Gasteiger partial charge in [0.15, 0.2) is 5.82 Å². The van der Waals surface area contributed by atoms with E-state index in [1.165, 1.54) is 0 Å². The first-order valence-electron chi connectivity index (χ1n) is 10.4. The molecule has 1 N–H and O–H groups in total. The predicted molar refractivity (Wildman–Crippen MR) is 126 cm³/mol. The Kier molecular flexibility index (Phi) is 6.51. The summed E-state index contributed by atoms with van der Waals surface area (Å²) < 4.78 is 7.12. The van der Waals surface area contributed by atoms with Crippen LogP contribution in [0.3, 0.4) is 0 Å². The second-order valence-electron chi connectivity index (χ2n) is 7.79. The number of hydrogen-bond acceptors (Lipinski definition) is 5. The number of carbonyl (C=O) groups excluding carboxylic acids is 1. The molecule has 4 rings (SSSR count). The Labute approximate surface area is 190 Å². The largest absolute Gasteiger partial charge is 0.436 e. The second kappa shape index (κ2) is 9.47. The van der Waals surface area contributed by atoms with E-state index in [2.05, 4.69) is 36.1 Å². The number of piperidine rings is 1. The van der Waals surface area contributed by atoms with E-state index < -0.39 is 0 Å². The molecule has 2 heterocycles. The third kappa shape index (κ3) is 5.05. The van der Waals surface area contributed by atoms with Crippen LogP contribution in [0.15, 0.2) is 59.3 Å². The van der Waals surface area contributed by atoms with Crippen molar-refractivity contribution >= 4 is 33.3 Å². The predicted octanol–water partition coefficient (Wildman–Crippen LogP) is 5.50. The number of nitrogens with zero attached hydrogens (tertiary/aromatic N) is 3. The van der Waals surface area contributed by atoms with Gasteiger partial charge in [0, 0.05) is 35.6 Å². The van der Waals surface area contributed by atoms with Crippen LogP contribution >= 0.6 is 15.9 Å². The molecule has 0 spiro atoms. The molecule has 31 heavy (non-hydrogen) atoms. The number of hydrogen-bond donors (Lipinski definition) is 1. The first kappa shape index (κ1) is 21.3. The molecule has 1 fully saturated rings. The van der Waals surface area contributed by atoms with Gasteiger partial charge in [0.1, 0.15) is 5.75 Å². The molecular formula is C24H25BrN4O2. The van der Waals surface area contributed by atoms with Gasteiger partial charge >= 0.3 is 0 Å². The molecule has 0 radical (unpaired) electrons. The zero-order valence-corrected chi connectivity index (χ0v) is 19.2. The molecule has 1 saturated heterocycles. The first-order valence-corrected chi connectivity index (χ1v) is 11.2. The van der Waals surface area contributed by atoms with Gasteiger partial charge in [-0.1, -0.05) is 34.1 Å². The summed E-state index contributed by atoms with van der Waals surface area (Å²) in [5.74, 6) is 1.77. The van der Waals surface area contributed by atoms with E-state index in [-0.39, 0.29) is 11.8 Å². The van der Waals surface area contributed by atoms with Crippen LogP contribution in [0.25, 0.3) is 0 Å². The number of anilines is 2. The average Bonchev–Trinajstić information content (AvgIpc) is 2.78. The Balaban J connectivity index is 1.49. The summed E-state index contributed by atoms with van der Waals surface area (Å²) >= 11 is 3.50. The SMILES string of the molecule is Cc1cc(NC(=O)[C@@H]2CCCN(c3nccnc3Oc3ccccc3C)C2)ccc1Br. The van der Waals surface area contributed by atoms with Crippen molar-refractivity contribution in [3.8, 4) is 11.6 Å². The lowest BCUT2D eigenvalue weighted by Crippen LogP contribution is -2.41. The molecule has 1 aliphatic rings. The van der Waals surface area contributed by atoms with Crippen LogP contribution in [0.1, 0.15) is 24.0 Å². The Bertz CT molecular complexity index is 1090. The summed E-state index contributed by atoms with van der Waals surface area (Å²) in [6.07, 6.45) is 5.03. The lowest BCUT2D eigenvalue weighted by Gasteiger charge is -2.33. The van der Waals surface area contributed by atoms with Gasteiger partial charge in [-0.25, -0.2) is 9.97 Å². The van der Waals surface area contributed by atoms with Gasteiger partial charge < -0.3 is 15.0 Å². The molecule has 2 aromatic carbocycles. The lowest BCUT2D eigenvalue weighted by molar-refractivity contribution is -0.120. The molecule has 3 aromatic rings. The van der Waals surface area contributed by atoms with Crippen LogP contribution in [0, 0.1) is 19.8 Å². The molecule has 0 aliphatic carbocycles. The minimum atomic E-state index is -0.133. The van der Waals surface area contributed by atoms with Gasteiger partial charge in [0.2, 0.25) is 5.91 Å². The maximum absolute atomic E-state index is 12.9. The van der Waals surface area contributed by atoms with Crippen LogP contribution in [-0.4, -0.2) is 29.0 Å². The Morgan fingerprint density at radius 1 is 1.13 bits per heavy atom. The minimum Gasteiger partial charge on any atom is -0.436 e. The zero-order chi connectivity index (χ0) is 21.8. The molecule has 0 bridgehead atoms. The summed E-state index contributed by atoms with van der Waals surface area (Å²) in [6, 6.07) is 13.7. The monoisotopic (exact) mass is 480 g/mol. The fourth-order valence-electron chi connectivity index (χ4n) is 3.73. The number of para-hydroxylation sites is 1. The van der Waals surface area contributed by atoms with E-state index >= 15 is 0 Å². The highest BCUT2D eigenvalue weighted by Gasteiger charge is 2.28. The van der Waals surface area contributed by atoms with Crippen LogP contribution in [0.5, 0.6) is 11.6 Å². The topological polar surface area (TPSA) is 67.4 Å². The number of aromatic nitrogens is 2. The lowest BCUT2D eigenvalue weighted by atomic mass is 9.97. The molecule has 1 amide bonds. The van der Waals surface area contributed by atoms with Crippen molar-refractivity contribution in [1.82, 2.24) is 9.97 Å². The smallest absolute Gasteiger partial charge is 0.263 e. The Morgan fingerprint density at radius 2 is 1.94 bits per heavy atom. The summed E-state index contributed by atoms with van der Waals surface area (Å²) in [4.78, 5) is 24.0. The Morgan fingerprint density at radius 3 is 2.74 bits per heavy atom. The van der Waals surface area contributed by atoms with Crippen molar-refractivity contribution in [3.05, 3.63) is 70.5 Å². The van der Waals surface area contributed by atoms with Crippen molar-refractivity contribution in [2.45, 2.75) is 26.7 Å². The van der Waals surface area contributed by atoms with Gasteiger partial charge in [-0.3, -0.25) is 4.79 Å². The zero-order valence-electron chi connectivity index (χ0n) is 17.6. The van der Waals surface area contributed by atoms with E-state index in [0.29, 0.717) is 18.2 Å². The summed E-state index contributed by atoms with van der Waals surface area (Å²) in [5, 5.41) is 3.06. The highest BCUT2D eigenvalue weighted by molar-refractivity contribution is 9.10. The minimum absolute atomic E-state index is 0.0247. The van der Waals surface area contributed by atoms with Crippen molar-refractivity contribution in [2.75, 3.05) is 23.3 Å². The molecule has 160 valence electrons. The number of halogens is 1. The summed E-state index contributed by atoms with van der Waals surface area (Å²) in [6.45, 7) is 5.39. The maximum atomic E-state index is 12.9. The quantitative estimate of drug-likeness (QED) is 0.521. The van der Waals surface area contributed by atoms with E-state index in [0.717, 1.165) is 46.4 Å². The molecule has 7 heteroatoms. The van der Waals surface area contributed by atoms with Crippen molar-refractivity contribution in [2.24, 2.45) is 5.92 Å². The van der Waals surface area contributed by atoms with Crippen molar-refractivity contribution in [3.63, 3.8) is 0 Å². The number of amides is 1. The number of aryl methyl sites for hydroxylation is 2. The van der Waals surface area contributed by atoms with E-state index in [4.69, 9.17) is 4.74 Å². The van der Waals surface area contributed by atoms with Crippen LogP contribution in [-0.2, 0) is 4.79 Å². The third-order valence-electron chi connectivity index (χ3n) is 5.46. The Hall–Kier alpha value is -2.93. The third-order valence-corrected chi connectivity index (χ3v) is 6.35. The van der Waals surface area contributed by atoms with E-state index in [9.17, 15) is 4.79 Å². The van der Waals surface area contributed by atoms with Gasteiger partial charge in [0.05, 0.1) is 5.92 Å². The molecule has 0 unspecified atom stereocenters. The van der Waals surface area contributed by atoms with Crippen molar-refractivity contribution in [1.29, 1.82) is 0 Å². The summed E-state index contributed by atoms with van der Waals surface area (Å²) in [5.41, 5.74) is 2.92. The van der Waals surface area contributed by atoms with Crippen LogP contribution in [0.2, 0.25) is 0 Å². The van der Waals surface area contributed by atoms with Gasteiger partial charge in [-0.2, -0.15) is 0 Å². The number of benzene rings is 2. The molecular weight excluding hydrogens is 456 g/mol. The average molecular weight is 481 g/mol. The van der Waals surface area contributed by atoms with Crippen LogP contribution in [0.4, 0.5) is 11.5 Å². The number of nitrogens with one attached hydrogen (secondary N) is 1. The standard InChI is InChI=1S/C24H25BrN4O2/c1-16-6-3-4-8-21(16)31-24-22(26-11-12-27-24)29-13-5-7-18(15-29)23(30)28-19-9-10-20(25)17(2)14-19/h3-4,6,8-12,14,18H,5,7,13,15H2,1-2H3,(H,28,30)/t18-/m1/s1. The fraction of sp³-hybridized carbons (Fsp3) is 0.292. The molecule has 0 saturated carbocycles. The summed E-state index contributed by atoms with van der Waals surface area (Å²) in [7, 11) is 0. The van der Waals surface area contributed by atoms with E-state index in [1.807, 2.05) is 56.3 Å². The number of rotatable bonds is 5. The fourth-order valence-corrected chi connectivity index (χ4v) is 3.98. The van der Waals surface area contributed by atoms with Crippen molar-refractivity contribution < 1.29 is 9.53 Å². The van der Waals surface area contributed by atoms with E-state index in [1.54, 1.807) is 12.4 Å². The molecule has 1 aromatic heterocycles. The second-order valence-corrected chi connectivity index (χ2v) is 8.65. The van der Waals surface area contributed by atoms with Gasteiger partial charge in [-0.15, -0.1) is 0 Å². The molecule has 1 atom stereocenters.